The number of phenolic OH excluding ortho intramolecular Hbond substituents is 1. The van der Waals surface area contributed by atoms with Crippen LogP contribution in [0.4, 0.5) is 0 Å². The third kappa shape index (κ3) is 4.72. The zero-order valence-corrected chi connectivity index (χ0v) is 20.5. The number of fused-ring (bicyclic) bond motifs is 2. The summed E-state index contributed by atoms with van der Waals surface area (Å²) in [5, 5.41) is 13.2. The second-order valence-electron chi connectivity index (χ2n) is 8.89. The smallest absolute Gasteiger partial charge is 0.230 e. The molecule has 2 aromatic rings. The first-order valence-corrected chi connectivity index (χ1v) is 13.0. The lowest BCUT2D eigenvalue weighted by Crippen LogP contribution is -2.50. The highest BCUT2D eigenvalue weighted by atomic mass is 32.2. The lowest BCUT2D eigenvalue weighted by molar-refractivity contribution is -0.121. The number of benzene rings is 2. The Balaban J connectivity index is 1.51. The zero-order valence-electron chi connectivity index (χ0n) is 19.7. The van der Waals surface area contributed by atoms with Crippen molar-refractivity contribution in [2.75, 3.05) is 38.8 Å². The highest BCUT2D eigenvalue weighted by Gasteiger charge is 2.53. The highest BCUT2D eigenvalue weighted by Crippen LogP contribution is 2.52. The van der Waals surface area contributed by atoms with Crippen molar-refractivity contribution < 1.29 is 19.4 Å². The molecule has 1 saturated heterocycles. The summed E-state index contributed by atoms with van der Waals surface area (Å²) in [6, 6.07) is 14.0. The van der Waals surface area contributed by atoms with Gasteiger partial charge in [0, 0.05) is 19.1 Å². The Morgan fingerprint density at radius 2 is 2.00 bits per heavy atom. The number of rotatable bonds is 8. The Kier molecular flexibility index (Phi) is 7.51. The van der Waals surface area contributed by atoms with E-state index in [0.29, 0.717) is 18.1 Å². The lowest BCUT2D eigenvalue weighted by atomic mass is 9.72. The van der Waals surface area contributed by atoms with Gasteiger partial charge in [0.2, 0.25) is 5.91 Å². The molecule has 0 saturated carbocycles. The second kappa shape index (κ2) is 10.4. The summed E-state index contributed by atoms with van der Waals surface area (Å²) in [5.74, 6) is 1.22. The van der Waals surface area contributed by atoms with E-state index in [9.17, 15) is 9.90 Å². The molecule has 7 heteroatoms. The number of likely N-dealkylation sites (tertiary alicyclic amines) is 1. The number of aromatic hydroxyl groups is 1. The molecule has 0 unspecified atom stereocenters. The molecule has 1 heterocycles. The molecule has 2 N–H and O–H groups in total. The summed E-state index contributed by atoms with van der Waals surface area (Å²) < 4.78 is 11.7. The summed E-state index contributed by atoms with van der Waals surface area (Å²) in [6.45, 7) is 5.12. The number of amides is 1. The molecular weight excluding hydrogens is 436 g/mol. The van der Waals surface area contributed by atoms with E-state index in [0.717, 1.165) is 38.0 Å². The monoisotopic (exact) mass is 470 g/mol. The molecule has 0 bridgehead atoms. The normalized spacial score (nSPS) is 21.7. The van der Waals surface area contributed by atoms with E-state index in [-0.39, 0.29) is 29.2 Å². The maximum Gasteiger partial charge on any atom is 0.230 e. The van der Waals surface area contributed by atoms with E-state index >= 15 is 0 Å². The Morgan fingerprint density at radius 3 is 2.70 bits per heavy atom. The molecule has 0 radical (unpaired) electrons. The Morgan fingerprint density at radius 1 is 1.24 bits per heavy atom. The number of nitrogens with one attached hydrogen (secondary N) is 1. The Labute approximate surface area is 200 Å². The van der Waals surface area contributed by atoms with Gasteiger partial charge in [-0.15, -0.1) is 0 Å². The van der Waals surface area contributed by atoms with E-state index in [1.165, 1.54) is 22.9 Å². The van der Waals surface area contributed by atoms with Gasteiger partial charge >= 0.3 is 0 Å². The van der Waals surface area contributed by atoms with Crippen molar-refractivity contribution in [3.63, 3.8) is 0 Å². The molecule has 33 heavy (non-hydrogen) atoms. The summed E-state index contributed by atoms with van der Waals surface area (Å²) in [4.78, 5) is 14.9. The van der Waals surface area contributed by atoms with Crippen LogP contribution in [-0.2, 0) is 21.5 Å². The summed E-state index contributed by atoms with van der Waals surface area (Å²) >= 11 is 1.53. The van der Waals surface area contributed by atoms with Crippen molar-refractivity contribution in [2.45, 2.75) is 43.9 Å². The first-order chi connectivity index (χ1) is 16.0. The molecule has 2 aromatic carbocycles. The van der Waals surface area contributed by atoms with Gasteiger partial charge in [-0.3, -0.25) is 9.69 Å². The number of nitrogens with zero attached hydrogens (tertiary/aromatic N) is 1. The number of carbonyl (C=O) groups excluding carboxylic acids is 1. The maximum absolute atomic E-state index is 12.5. The van der Waals surface area contributed by atoms with Crippen molar-refractivity contribution >= 4 is 17.7 Å². The minimum Gasteiger partial charge on any atom is -0.504 e. The summed E-state index contributed by atoms with van der Waals surface area (Å²) in [5.41, 5.74) is 3.52. The van der Waals surface area contributed by atoms with Crippen LogP contribution in [0.25, 0.3) is 0 Å². The van der Waals surface area contributed by atoms with Crippen molar-refractivity contribution in [3.8, 4) is 11.5 Å². The number of hydrogen-bond acceptors (Lipinski definition) is 6. The number of phenols is 1. The highest BCUT2D eigenvalue weighted by molar-refractivity contribution is 7.99. The first kappa shape index (κ1) is 23.9. The Bertz CT molecular complexity index is 975. The SMILES string of the molecule is CCOc1cc(CN2CCC3(CC2)c2ccccc2[C@@H](NC(=O)CSC)[C@@H]3OC)ccc1O. The fourth-order valence-corrected chi connectivity index (χ4v) is 5.91. The Hall–Kier alpha value is -2.22. The topological polar surface area (TPSA) is 71.0 Å². The zero-order chi connectivity index (χ0) is 23.4. The lowest BCUT2D eigenvalue weighted by Gasteiger charge is -2.44. The number of piperidine rings is 1. The number of thioether (sulfide) groups is 1. The van der Waals surface area contributed by atoms with Crippen LogP contribution in [-0.4, -0.2) is 60.8 Å². The first-order valence-electron chi connectivity index (χ1n) is 11.6. The van der Waals surface area contributed by atoms with E-state index in [1.54, 1.807) is 13.2 Å². The molecule has 1 fully saturated rings. The van der Waals surface area contributed by atoms with Gasteiger partial charge < -0.3 is 19.9 Å². The number of methoxy groups -OCH3 is 1. The molecule has 2 aliphatic rings. The van der Waals surface area contributed by atoms with Crippen LogP contribution in [0.5, 0.6) is 11.5 Å². The minimum absolute atomic E-state index is 0.0521. The average Bonchev–Trinajstić information content (AvgIpc) is 3.06. The van der Waals surface area contributed by atoms with Crippen LogP contribution in [0, 0.1) is 0 Å². The molecule has 0 aromatic heterocycles. The molecule has 6 nitrogen and oxygen atoms in total. The second-order valence-corrected chi connectivity index (χ2v) is 9.76. The van der Waals surface area contributed by atoms with Crippen molar-refractivity contribution in [1.29, 1.82) is 0 Å². The van der Waals surface area contributed by atoms with Crippen LogP contribution in [0.3, 0.4) is 0 Å². The van der Waals surface area contributed by atoms with E-state index in [1.807, 2.05) is 31.4 Å². The minimum atomic E-state index is -0.122. The molecule has 1 aliphatic carbocycles. The quantitative estimate of drug-likeness (QED) is 0.610. The van der Waals surface area contributed by atoms with Gasteiger partial charge in [-0.1, -0.05) is 30.3 Å². The van der Waals surface area contributed by atoms with E-state index in [2.05, 4.69) is 28.4 Å². The number of hydrogen-bond donors (Lipinski definition) is 2. The van der Waals surface area contributed by atoms with Crippen molar-refractivity contribution in [2.24, 2.45) is 0 Å². The van der Waals surface area contributed by atoms with Crippen LogP contribution in [0.15, 0.2) is 42.5 Å². The number of carbonyl (C=O) groups is 1. The standard InChI is InChI=1S/C26H34N2O4S/c1-4-32-22-15-18(9-10-21(22)29)16-28-13-11-26(12-14-28)20-8-6-5-7-19(20)24(25(26)31-2)27-23(30)17-33-3/h5-10,15,24-25,29H,4,11-14,16-17H2,1-3H3,(H,27,30)/t24-,25+/m1/s1. The molecule has 4 rings (SSSR count). The van der Waals surface area contributed by atoms with Gasteiger partial charge in [0.05, 0.1) is 24.5 Å². The molecule has 1 spiro atoms. The van der Waals surface area contributed by atoms with Crippen LogP contribution >= 0.6 is 11.8 Å². The van der Waals surface area contributed by atoms with E-state index < -0.39 is 0 Å². The van der Waals surface area contributed by atoms with Gasteiger partial charge in [-0.05, 0) is 67.9 Å². The molecule has 1 amide bonds. The van der Waals surface area contributed by atoms with Gasteiger partial charge in [-0.2, -0.15) is 11.8 Å². The maximum atomic E-state index is 12.5. The predicted molar refractivity (Wildman–Crippen MR) is 132 cm³/mol. The van der Waals surface area contributed by atoms with Gasteiger partial charge in [-0.25, -0.2) is 0 Å². The van der Waals surface area contributed by atoms with Gasteiger partial charge in [0.15, 0.2) is 11.5 Å². The predicted octanol–water partition coefficient (Wildman–Crippen LogP) is 3.87. The third-order valence-corrected chi connectivity index (χ3v) is 7.55. The van der Waals surface area contributed by atoms with Gasteiger partial charge in [0.25, 0.3) is 0 Å². The largest absolute Gasteiger partial charge is 0.504 e. The third-order valence-electron chi connectivity index (χ3n) is 7.00. The van der Waals surface area contributed by atoms with Crippen molar-refractivity contribution in [1.82, 2.24) is 10.2 Å². The van der Waals surface area contributed by atoms with Crippen LogP contribution in [0.1, 0.15) is 42.5 Å². The molecular formula is C26H34N2O4S. The molecule has 2 atom stereocenters. The molecule has 178 valence electrons. The van der Waals surface area contributed by atoms with Gasteiger partial charge in [0.1, 0.15) is 0 Å². The average molecular weight is 471 g/mol. The summed E-state index contributed by atoms with van der Waals surface area (Å²) in [6.07, 6.45) is 3.79. The van der Waals surface area contributed by atoms with Crippen LogP contribution < -0.4 is 10.1 Å². The van der Waals surface area contributed by atoms with Crippen molar-refractivity contribution in [3.05, 3.63) is 59.2 Å². The number of ether oxygens (including phenoxy) is 2. The molecule has 1 aliphatic heterocycles. The van der Waals surface area contributed by atoms with E-state index in [4.69, 9.17) is 9.47 Å². The fourth-order valence-electron chi connectivity index (χ4n) is 5.57. The summed E-state index contributed by atoms with van der Waals surface area (Å²) in [7, 11) is 1.77. The fraction of sp³-hybridized carbons (Fsp3) is 0.500. The van der Waals surface area contributed by atoms with Crippen LogP contribution in [0.2, 0.25) is 0 Å².